The molecule has 3 rings (SSSR count). The lowest BCUT2D eigenvalue weighted by Gasteiger charge is -2.32. The van der Waals surface area contributed by atoms with Crippen LogP contribution in [0.15, 0.2) is 0 Å². The number of aromatic nitrogens is 3. The first kappa shape index (κ1) is 17.8. The Morgan fingerprint density at radius 3 is 2.84 bits per heavy atom. The SMILES string of the molecule is Cc1nc([C@H]2CN(CC(=O)NC3(C#N)CCCCCC3)CCO2)n[nH]1. The van der Waals surface area contributed by atoms with Crippen LogP contribution in [0.4, 0.5) is 0 Å². The molecule has 2 N–H and O–H groups in total. The number of nitrogens with one attached hydrogen (secondary N) is 2. The van der Waals surface area contributed by atoms with E-state index in [0.717, 1.165) is 44.3 Å². The summed E-state index contributed by atoms with van der Waals surface area (Å²) in [5.41, 5.74) is -0.694. The second-order valence-corrected chi connectivity index (χ2v) is 7.03. The summed E-state index contributed by atoms with van der Waals surface area (Å²) in [5, 5.41) is 19.6. The van der Waals surface area contributed by atoms with Gasteiger partial charge in [-0.05, 0) is 19.8 Å². The Morgan fingerprint density at radius 2 is 2.20 bits per heavy atom. The van der Waals surface area contributed by atoms with Gasteiger partial charge in [0.15, 0.2) is 5.82 Å². The van der Waals surface area contributed by atoms with Crippen molar-refractivity contribution in [1.82, 2.24) is 25.4 Å². The minimum atomic E-state index is -0.694. The fourth-order valence-electron chi connectivity index (χ4n) is 3.61. The Kier molecular flexibility index (Phi) is 5.66. The van der Waals surface area contributed by atoms with E-state index >= 15 is 0 Å². The molecule has 2 heterocycles. The number of H-pyrrole nitrogens is 1. The van der Waals surface area contributed by atoms with Crippen molar-refractivity contribution in [2.45, 2.75) is 57.1 Å². The standard InChI is InChI=1S/C17H26N6O2/c1-13-19-16(22-21-13)14-10-23(8-9-25-14)11-15(24)20-17(12-18)6-4-2-3-5-7-17/h14H,2-11H2,1H3,(H,20,24)(H,19,21,22)/t14-/m1/s1. The van der Waals surface area contributed by atoms with Gasteiger partial charge >= 0.3 is 0 Å². The first-order valence-electron chi connectivity index (χ1n) is 9.05. The van der Waals surface area contributed by atoms with Crippen LogP contribution in [0.3, 0.4) is 0 Å². The number of hydrogen-bond donors (Lipinski definition) is 2. The molecule has 0 unspecified atom stereocenters. The van der Waals surface area contributed by atoms with Crippen LogP contribution in [0.5, 0.6) is 0 Å². The van der Waals surface area contributed by atoms with E-state index in [-0.39, 0.29) is 18.6 Å². The van der Waals surface area contributed by atoms with Crippen LogP contribution in [-0.2, 0) is 9.53 Å². The number of rotatable bonds is 4. The van der Waals surface area contributed by atoms with Crippen molar-refractivity contribution in [3.8, 4) is 6.07 Å². The van der Waals surface area contributed by atoms with Crippen LogP contribution in [0.1, 0.15) is 56.3 Å². The van der Waals surface area contributed by atoms with Gasteiger partial charge in [0.05, 0.1) is 19.2 Å². The molecule has 8 heteroatoms. The van der Waals surface area contributed by atoms with Crippen molar-refractivity contribution in [2.75, 3.05) is 26.2 Å². The second-order valence-electron chi connectivity index (χ2n) is 7.03. The molecule has 136 valence electrons. The maximum absolute atomic E-state index is 12.5. The highest BCUT2D eigenvalue weighted by molar-refractivity contribution is 5.79. The van der Waals surface area contributed by atoms with E-state index in [1.807, 2.05) is 11.8 Å². The Morgan fingerprint density at radius 1 is 1.44 bits per heavy atom. The molecule has 0 bridgehead atoms. The number of nitrogens with zero attached hydrogens (tertiary/aromatic N) is 4. The summed E-state index contributed by atoms with van der Waals surface area (Å²) in [5.74, 6) is 1.29. The molecule has 2 fully saturated rings. The largest absolute Gasteiger partial charge is 0.367 e. The number of ether oxygens (including phenoxy) is 1. The zero-order valence-corrected chi connectivity index (χ0v) is 14.8. The molecule has 2 aliphatic rings. The highest BCUT2D eigenvalue weighted by Gasteiger charge is 2.33. The lowest BCUT2D eigenvalue weighted by Crippen LogP contribution is -2.52. The molecule has 25 heavy (non-hydrogen) atoms. The highest BCUT2D eigenvalue weighted by atomic mass is 16.5. The zero-order valence-electron chi connectivity index (χ0n) is 14.8. The van der Waals surface area contributed by atoms with Gasteiger partial charge in [0, 0.05) is 13.1 Å². The number of hydrogen-bond acceptors (Lipinski definition) is 6. The van der Waals surface area contributed by atoms with Crippen LogP contribution in [0.2, 0.25) is 0 Å². The number of nitriles is 1. The Labute approximate surface area is 147 Å². The molecule has 1 saturated carbocycles. The van der Waals surface area contributed by atoms with Crippen LogP contribution in [0.25, 0.3) is 0 Å². The van der Waals surface area contributed by atoms with E-state index in [1.54, 1.807) is 0 Å². The normalized spacial score (nSPS) is 24.2. The van der Waals surface area contributed by atoms with E-state index in [0.29, 0.717) is 25.5 Å². The fraction of sp³-hybridized carbons (Fsp3) is 0.765. The topological polar surface area (TPSA) is 107 Å². The van der Waals surface area contributed by atoms with Crippen LogP contribution >= 0.6 is 0 Å². The van der Waals surface area contributed by atoms with Gasteiger partial charge in [0.2, 0.25) is 5.91 Å². The molecule has 0 aromatic carbocycles. The van der Waals surface area contributed by atoms with Crippen molar-refractivity contribution in [1.29, 1.82) is 5.26 Å². The van der Waals surface area contributed by atoms with Gasteiger partial charge in [-0.2, -0.15) is 10.4 Å². The fourth-order valence-corrected chi connectivity index (χ4v) is 3.61. The van der Waals surface area contributed by atoms with E-state index in [4.69, 9.17) is 4.74 Å². The van der Waals surface area contributed by atoms with E-state index in [9.17, 15) is 10.1 Å². The van der Waals surface area contributed by atoms with Gasteiger partial charge in [-0.3, -0.25) is 14.8 Å². The molecule has 1 atom stereocenters. The number of amides is 1. The molecule has 1 saturated heterocycles. The summed E-state index contributed by atoms with van der Waals surface area (Å²) in [6.45, 7) is 3.91. The minimum absolute atomic E-state index is 0.0877. The maximum Gasteiger partial charge on any atom is 0.235 e. The molecule has 8 nitrogen and oxygen atoms in total. The third kappa shape index (κ3) is 4.55. The molecular weight excluding hydrogens is 320 g/mol. The number of aromatic amines is 1. The second kappa shape index (κ2) is 7.93. The Hall–Kier alpha value is -1.98. The number of carbonyl (C=O) groups excluding carboxylic acids is 1. The third-order valence-corrected chi connectivity index (χ3v) is 4.97. The summed E-state index contributed by atoms with van der Waals surface area (Å²) < 4.78 is 5.73. The summed E-state index contributed by atoms with van der Waals surface area (Å²) >= 11 is 0. The highest BCUT2D eigenvalue weighted by Crippen LogP contribution is 2.26. The van der Waals surface area contributed by atoms with E-state index in [1.165, 1.54) is 0 Å². The summed E-state index contributed by atoms with van der Waals surface area (Å²) in [6.07, 6.45) is 5.54. The maximum atomic E-state index is 12.5. The Bertz CT molecular complexity index is 629. The van der Waals surface area contributed by atoms with Gasteiger partial charge < -0.3 is 10.1 Å². The van der Waals surface area contributed by atoms with Crippen molar-refractivity contribution in [3.63, 3.8) is 0 Å². The molecule has 1 aliphatic heterocycles. The lowest BCUT2D eigenvalue weighted by molar-refractivity contribution is -0.126. The summed E-state index contributed by atoms with van der Waals surface area (Å²) in [4.78, 5) is 18.9. The smallest absolute Gasteiger partial charge is 0.235 e. The molecule has 1 amide bonds. The van der Waals surface area contributed by atoms with Crippen molar-refractivity contribution in [3.05, 3.63) is 11.6 Å². The quantitative estimate of drug-likeness (QED) is 0.794. The van der Waals surface area contributed by atoms with Crippen LogP contribution in [0, 0.1) is 18.3 Å². The molecule has 0 spiro atoms. The lowest BCUT2D eigenvalue weighted by atomic mass is 9.92. The van der Waals surface area contributed by atoms with Crippen LogP contribution in [-0.4, -0.2) is 57.8 Å². The predicted molar refractivity (Wildman–Crippen MR) is 90.4 cm³/mol. The molecule has 1 aromatic heterocycles. The van der Waals surface area contributed by atoms with Gasteiger partial charge in [0.25, 0.3) is 0 Å². The van der Waals surface area contributed by atoms with Crippen LogP contribution < -0.4 is 5.32 Å². The average molecular weight is 346 g/mol. The van der Waals surface area contributed by atoms with E-state index < -0.39 is 5.54 Å². The monoisotopic (exact) mass is 346 g/mol. The predicted octanol–water partition coefficient (Wildman–Crippen LogP) is 1.22. The minimum Gasteiger partial charge on any atom is -0.367 e. The number of carbonyl (C=O) groups is 1. The number of aryl methyl sites for hydroxylation is 1. The van der Waals surface area contributed by atoms with Gasteiger partial charge in [-0.25, -0.2) is 4.98 Å². The average Bonchev–Trinajstić information content (AvgIpc) is 2.90. The molecule has 0 radical (unpaired) electrons. The van der Waals surface area contributed by atoms with Gasteiger partial charge in [-0.15, -0.1) is 0 Å². The summed E-state index contributed by atoms with van der Waals surface area (Å²) in [7, 11) is 0. The van der Waals surface area contributed by atoms with Crippen molar-refractivity contribution >= 4 is 5.91 Å². The van der Waals surface area contributed by atoms with Gasteiger partial charge in [-0.1, -0.05) is 25.7 Å². The summed E-state index contributed by atoms with van der Waals surface area (Å²) in [6, 6.07) is 2.36. The first-order valence-corrected chi connectivity index (χ1v) is 9.05. The van der Waals surface area contributed by atoms with Gasteiger partial charge in [0.1, 0.15) is 17.5 Å². The Balaban J connectivity index is 1.56. The molecule has 1 aromatic rings. The van der Waals surface area contributed by atoms with E-state index in [2.05, 4.69) is 26.6 Å². The molecule has 1 aliphatic carbocycles. The number of morpholine rings is 1. The molecular formula is C17H26N6O2. The van der Waals surface area contributed by atoms with Crippen molar-refractivity contribution in [2.24, 2.45) is 0 Å². The zero-order chi connectivity index (χ0) is 17.7. The first-order chi connectivity index (χ1) is 12.1. The van der Waals surface area contributed by atoms with Crippen molar-refractivity contribution < 1.29 is 9.53 Å². The third-order valence-electron chi connectivity index (χ3n) is 4.97.